The van der Waals surface area contributed by atoms with Crippen LogP contribution in [0.2, 0.25) is 5.02 Å². The Bertz CT molecular complexity index is 1630. The van der Waals surface area contributed by atoms with Crippen molar-refractivity contribution in [2.24, 2.45) is 5.41 Å². The number of nitrogens with zero attached hydrogens (tertiary/aromatic N) is 5. The van der Waals surface area contributed by atoms with Crippen molar-refractivity contribution in [2.75, 3.05) is 18.0 Å². The summed E-state index contributed by atoms with van der Waals surface area (Å²) in [6.07, 6.45) is 8.25. The largest absolute Gasteiger partial charge is 0.390 e. The number of rotatable bonds is 6. The number of nitrogens with one attached hydrogen (secondary N) is 1. The third-order valence-corrected chi connectivity index (χ3v) is 11.6. The third-order valence-electron chi connectivity index (χ3n) is 8.29. The summed E-state index contributed by atoms with van der Waals surface area (Å²) in [6, 6.07) is 10.5. The van der Waals surface area contributed by atoms with Gasteiger partial charge in [0.1, 0.15) is 0 Å². The van der Waals surface area contributed by atoms with Crippen LogP contribution < -0.4 is 9.62 Å². The van der Waals surface area contributed by atoms with Crippen molar-refractivity contribution in [3.05, 3.63) is 76.5 Å². The van der Waals surface area contributed by atoms with Gasteiger partial charge in [-0.1, -0.05) is 47.6 Å². The molecule has 2 aliphatic rings. The van der Waals surface area contributed by atoms with E-state index in [0.29, 0.717) is 10.7 Å². The Labute approximate surface area is 252 Å². The van der Waals surface area contributed by atoms with Gasteiger partial charge < -0.3 is 10.0 Å². The number of aliphatic hydroxyl groups excluding tert-OH is 1. The number of anilines is 1. The van der Waals surface area contributed by atoms with E-state index in [9.17, 15) is 9.32 Å². The zero-order valence-corrected chi connectivity index (χ0v) is 26.1. The molecule has 1 spiro atoms. The molecule has 1 aromatic carbocycles. The molecule has 4 aromatic rings. The first-order valence-corrected chi connectivity index (χ1v) is 16.2. The number of benzene rings is 1. The summed E-state index contributed by atoms with van der Waals surface area (Å²) in [5.41, 5.74) is 4.64. The Morgan fingerprint density at radius 1 is 1.17 bits per heavy atom. The number of imidazole rings is 1. The van der Waals surface area contributed by atoms with Crippen LogP contribution in [0.25, 0.3) is 5.65 Å². The van der Waals surface area contributed by atoms with E-state index in [-0.39, 0.29) is 22.8 Å². The second kappa shape index (κ2) is 11.0. The van der Waals surface area contributed by atoms with Gasteiger partial charge in [-0.25, -0.2) is 18.9 Å². The fraction of sp³-hybridized carbons (Fsp3) is 0.433. The number of piperidine rings is 1. The molecule has 4 heterocycles. The first kappa shape index (κ1) is 28.6. The molecule has 0 saturated carbocycles. The second-order valence-corrected chi connectivity index (χ2v) is 15.4. The van der Waals surface area contributed by atoms with E-state index < -0.39 is 11.0 Å². The van der Waals surface area contributed by atoms with Crippen LogP contribution in [0.5, 0.6) is 0 Å². The molecule has 2 atom stereocenters. The Morgan fingerprint density at radius 3 is 2.66 bits per heavy atom. The zero-order valence-electron chi connectivity index (χ0n) is 23.7. The van der Waals surface area contributed by atoms with E-state index in [1.54, 1.807) is 12.4 Å². The summed E-state index contributed by atoms with van der Waals surface area (Å²) in [5, 5.41) is 11.0. The SMILES string of the molecule is Cc1nccc(Sc2c(CO)nc(N3CCC4(CC3)Cc3ccccc3[C@H]4N[S@](=O)C(C)(C)C)n3ccnc23)c1Cl. The number of aryl methyl sites for hydroxylation is 1. The van der Waals surface area contributed by atoms with Gasteiger partial charge in [-0.05, 0) is 69.6 Å². The fourth-order valence-electron chi connectivity index (χ4n) is 6.01. The molecule has 2 N–H and O–H groups in total. The average molecular weight is 611 g/mol. The lowest BCUT2D eigenvalue weighted by Crippen LogP contribution is -2.48. The van der Waals surface area contributed by atoms with Gasteiger partial charge in [0, 0.05) is 36.6 Å². The van der Waals surface area contributed by atoms with E-state index in [0.717, 1.165) is 59.4 Å². The number of aliphatic hydroxyl groups is 1. The highest BCUT2D eigenvalue weighted by molar-refractivity contribution is 7.99. The maximum Gasteiger partial charge on any atom is 0.211 e. The highest BCUT2D eigenvalue weighted by atomic mass is 35.5. The number of hydrogen-bond acceptors (Lipinski definition) is 7. The predicted molar refractivity (Wildman–Crippen MR) is 165 cm³/mol. The monoisotopic (exact) mass is 610 g/mol. The maximum absolute atomic E-state index is 13.3. The third kappa shape index (κ3) is 5.18. The minimum atomic E-state index is -1.18. The van der Waals surface area contributed by atoms with Crippen LogP contribution in [0.15, 0.2) is 58.7 Å². The summed E-state index contributed by atoms with van der Waals surface area (Å²) in [7, 11) is -1.18. The predicted octanol–water partition coefficient (Wildman–Crippen LogP) is 5.67. The number of fused-ring (bicyclic) bond motifs is 2. The standard InChI is InChI=1S/C30H35ClN6O2S2/c1-19-24(31)23(9-12-32-19)40-25-22(18-38)34-28(37-16-13-33-27(25)37)36-14-10-30(11-15-36)17-20-7-5-6-8-21(20)26(30)35-41(39)29(2,3)4/h5-9,12-13,16,26,35,38H,10-11,14-15,17-18H2,1-4H3/t26-,41-/m1/s1. The summed E-state index contributed by atoms with van der Waals surface area (Å²) < 4.78 is 18.5. The average Bonchev–Trinajstić information content (AvgIpc) is 3.55. The molecule has 216 valence electrons. The first-order chi connectivity index (χ1) is 19.6. The van der Waals surface area contributed by atoms with Gasteiger partial charge in [0.05, 0.1) is 49.7 Å². The van der Waals surface area contributed by atoms with Crippen molar-refractivity contribution in [1.29, 1.82) is 0 Å². The molecule has 1 aliphatic carbocycles. The van der Waals surface area contributed by atoms with Crippen molar-refractivity contribution < 1.29 is 9.32 Å². The normalized spacial score (nSPS) is 19.2. The molecule has 8 nitrogen and oxygen atoms in total. The maximum atomic E-state index is 13.3. The number of aromatic nitrogens is 4. The first-order valence-electron chi connectivity index (χ1n) is 13.9. The summed E-state index contributed by atoms with van der Waals surface area (Å²) in [6.45, 7) is 9.29. The van der Waals surface area contributed by atoms with E-state index >= 15 is 0 Å². The molecule has 1 aliphatic heterocycles. The summed E-state index contributed by atoms with van der Waals surface area (Å²) in [4.78, 5) is 17.8. The van der Waals surface area contributed by atoms with Gasteiger partial charge >= 0.3 is 0 Å². The zero-order chi connectivity index (χ0) is 28.9. The molecule has 0 amide bonds. The van der Waals surface area contributed by atoms with Crippen LogP contribution in [-0.2, 0) is 24.0 Å². The van der Waals surface area contributed by atoms with Crippen molar-refractivity contribution >= 4 is 45.9 Å². The van der Waals surface area contributed by atoms with Crippen LogP contribution in [0.4, 0.5) is 5.95 Å². The minimum absolute atomic E-state index is 0.0271. The Kier molecular flexibility index (Phi) is 7.65. The van der Waals surface area contributed by atoms with Gasteiger partial charge in [0.15, 0.2) is 5.65 Å². The highest BCUT2D eigenvalue weighted by Crippen LogP contribution is 2.52. The van der Waals surface area contributed by atoms with E-state index in [4.69, 9.17) is 16.6 Å². The molecule has 41 heavy (non-hydrogen) atoms. The number of halogens is 1. The lowest BCUT2D eigenvalue weighted by Gasteiger charge is -2.44. The van der Waals surface area contributed by atoms with Crippen LogP contribution in [-0.4, -0.2) is 46.5 Å². The van der Waals surface area contributed by atoms with E-state index in [1.165, 1.54) is 22.9 Å². The lowest BCUT2D eigenvalue weighted by molar-refractivity contribution is 0.176. The summed E-state index contributed by atoms with van der Waals surface area (Å²) in [5.74, 6) is 0.774. The van der Waals surface area contributed by atoms with Gasteiger partial charge in [-0.15, -0.1) is 0 Å². The van der Waals surface area contributed by atoms with Gasteiger partial charge in [0.25, 0.3) is 0 Å². The Morgan fingerprint density at radius 2 is 1.93 bits per heavy atom. The van der Waals surface area contributed by atoms with E-state index in [1.807, 2.05) is 44.4 Å². The Hall–Kier alpha value is -2.50. The molecule has 0 unspecified atom stereocenters. The number of pyridine rings is 1. The van der Waals surface area contributed by atoms with Crippen molar-refractivity contribution in [2.45, 2.75) is 74.1 Å². The molecule has 11 heteroatoms. The molecular weight excluding hydrogens is 576 g/mol. The van der Waals surface area contributed by atoms with Crippen LogP contribution in [0.3, 0.4) is 0 Å². The van der Waals surface area contributed by atoms with Gasteiger partial charge in [-0.2, -0.15) is 0 Å². The second-order valence-electron chi connectivity index (χ2n) is 11.9. The molecule has 6 rings (SSSR count). The molecule has 0 bridgehead atoms. The quantitative estimate of drug-likeness (QED) is 0.291. The molecule has 3 aromatic heterocycles. The van der Waals surface area contributed by atoms with Crippen LogP contribution in [0.1, 0.15) is 62.2 Å². The van der Waals surface area contributed by atoms with Crippen molar-refractivity contribution in [1.82, 2.24) is 24.1 Å². The fourth-order valence-corrected chi connectivity index (χ4v) is 8.24. The molecule has 1 saturated heterocycles. The molecule has 0 radical (unpaired) electrons. The van der Waals surface area contributed by atoms with Gasteiger partial charge in [-0.3, -0.25) is 9.38 Å². The lowest BCUT2D eigenvalue weighted by atomic mass is 9.73. The smallest absolute Gasteiger partial charge is 0.211 e. The highest BCUT2D eigenvalue weighted by Gasteiger charge is 2.49. The molecular formula is C30H35ClN6O2S2. The van der Waals surface area contributed by atoms with Crippen molar-refractivity contribution in [3.63, 3.8) is 0 Å². The minimum Gasteiger partial charge on any atom is -0.390 e. The van der Waals surface area contributed by atoms with Gasteiger partial charge in [0.2, 0.25) is 5.95 Å². The van der Waals surface area contributed by atoms with Crippen LogP contribution in [0, 0.1) is 12.3 Å². The summed E-state index contributed by atoms with van der Waals surface area (Å²) >= 11 is 8.00. The van der Waals surface area contributed by atoms with E-state index in [2.05, 4.69) is 43.9 Å². The number of hydrogen-bond donors (Lipinski definition) is 2. The van der Waals surface area contributed by atoms with Crippen molar-refractivity contribution in [3.8, 4) is 0 Å². The van der Waals surface area contributed by atoms with Crippen LogP contribution >= 0.6 is 23.4 Å². The molecule has 1 fully saturated rings. The topological polar surface area (TPSA) is 95.7 Å². The Balaban J connectivity index is 1.30.